The third-order valence-electron chi connectivity index (χ3n) is 21.9. The molecule has 13 aromatic rings. The molecule has 1 spiro atoms. The summed E-state index contributed by atoms with van der Waals surface area (Å²) in [6, 6.07) is 71.5. The molecule has 0 saturated heterocycles. The Morgan fingerprint density at radius 3 is 1.31 bits per heavy atom. The van der Waals surface area contributed by atoms with Crippen molar-refractivity contribution in [2.24, 2.45) is 0 Å². The van der Waals surface area contributed by atoms with Crippen LogP contribution in [0.1, 0.15) is 191 Å². The topological polar surface area (TPSA) is 17.4 Å². The Balaban J connectivity index is 1.15. The standard InChI is InChI=1S/C97H95BN2O/c1-91(2,3)66-43-38-60(39-44-66)75-57-71(96(16,17)18)58-76(61-40-45-67(46-41-61)92(4,5)6)90(75)100-85-54-63(62-28-27-29-68(50-62)93(7,8)9)42-48-82(85)98-81-49-47-72(99-83-34-23-19-30-73(83)74-31-20-24-35-84(74)99)59-79(81)97(77-32-21-25-36-87(77)101-88-37-26-22-33-78(88)97)80-53-65(55-86(100)89(80)98)64-51-69(94(10,11)12)56-70(52-64)95(13,14)15/h19-59H,1-18H3/i19D,20D,23D,24D,30D,31D,34D,35D. The number of fused-ring (bicyclic) bond motifs is 13. The van der Waals surface area contributed by atoms with Crippen LogP contribution in [0.3, 0.4) is 0 Å². The molecule has 0 N–H and O–H groups in total. The van der Waals surface area contributed by atoms with E-state index in [2.05, 4.69) is 312 Å². The van der Waals surface area contributed by atoms with Crippen LogP contribution < -0.4 is 26.0 Å². The van der Waals surface area contributed by atoms with E-state index in [0.29, 0.717) is 17.2 Å². The lowest BCUT2D eigenvalue weighted by atomic mass is 9.29. The van der Waals surface area contributed by atoms with E-state index in [0.717, 1.165) is 100 Å². The van der Waals surface area contributed by atoms with Gasteiger partial charge in [0.25, 0.3) is 0 Å². The van der Waals surface area contributed by atoms with Gasteiger partial charge in [0.05, 0.1) is 33.1 Å². The highest BCUT2D eigenvalue weighted by Gasteiger charge is 2.55. The fourth-order valence-corrected chi connectivity index (χ4v) is 16.1. The van der Waals surface area contributed by atoms with E-state index in [4.69, 9.17) is 7.48 Å². The van der Waals surface area contributed by atoms with Gasteiger partial charge in [0, 0.05) is 50.1 Å². The van der Waals surface area contributed by atoms with E-state index < -0.39 is 36.3 Å². The van der Waals surface area contributed by atoms with Crippen LogP contribution in [0.5, 0.6) is 11.5 Å². The summed E-state index contributed by atoms with van der Waals surface area (Å²) in [6.07, 6.45) is 0. The third kappa shape index (κ3) is 10.8. The van der Waals surface area contributed by atoms with Gasteiger partial charge in [0.2, 0.25) is 6.71 Å². The molecule has 0 atom stereocenters. The molecule has 0 saturated carbocycles. The number of hydrogen-bond donors (Lipinski definition) is 0. The summed E-state index contributed by atoms with van der Waals surface area (Å²) in [6.45, 7) is 40.7. The Labute approximate surface area is 612 Å². The first kappa shape index (κ1) is 56.8. The first-order chi connectivity index (χ1) is 51.2. The molecule has 4 heteroatoms. The number of anilines is 3. The predicted octanol–water partition coefficient (Wildman–Crippen LogP) is 24.3. The van der Waals surface area contributed by atoms with Crippen molar-refractivity contribution in [3.05, 3.63) is 304 Å². The minimum atomic E-state index is -1.26. The summed E-state index contributed by atoms with van der Waals surface area (Å²) in [5, 5.41) is 0.0345. The van der Waals surface area contributed by atoms with Gasteiger partial charge in [-0.15, -0.1) is 0 Å². The van der Waals surface area contributed by atoms with Gasteiger partial charge in [-0.2, -0.15) is 0 Å². The molecule has 0 amide bonds. The zero-order valence-electron chi connectivity index (χ0n) is 69.9. The van der Waals surface area contributed by atoms with Crippen LogP contribution in [0, 0.1) is 0 Å². The molecule has 3 nitrogen and oxygen atoms in total. The van der Waals surface area contributed by atoms with Crippen molar-refractivity contribution >= 4 is 62.0 Å². The largest absolute Gasteiger partial charge is 0.457 e. The molecule has 0 aliphatic carbocycles. The minimum Gasteiger partial charge on any atom is -0.457 e. The average molecular weight is 1320 g/mol. The molecule has 0 fully saturated rings. The van der Waals surface area contributed by atoms with E-state index >= 15 is 0 Å². The van der Waals surface area contributed by atoms with Crippen LogP contribution in [-0.2, 0) is 37.9 Å². The summed E-state index contributed by atoms with van der Waals surface area (Å²) in [7, 11) is 0. The van der Waals surface area contributed by atoms with Crippen molar-refractivity contribution in [1.29, 1.82) is 0 Å². The summed E-state index contributed by atoms with van der Waals surface area (Å²) < 4.78 is 84.6. The number of aromatic nitrogens is 1. The minimum absolute atomic E-state index is 0.0173. The molecule has 16 rings (SSSR count). The molecule has 101 heavy (non-hydrogen) atoms. The number of benzene rings is 12. The quantitative estimate of drug-likeness (QED) is 0.154. The van der Waals surface area contributed by atoms with Crippen LogP contribution >= 0.6 is 0 Å². The zero-order chi connectivity index (χ0) is 77.8. The lowest BCUT2D eigenvalue weighted by Gasteiger charge is -2.51. The number of nitrogens with zero attached hydrogens (tertiary/aromatic N) is 2. The average Bonchev–Trinajstić information content (AvgIpc) is 0.954. The first-order valence-electron chi connectivity index (χ1n) is 40.0. The summed E-state index contributed by atoms with van der Waals surface area (Å²) in [5.74, 6) is 1.32. The first-order valence-corrected chi connectivity index (χ1v) is 36.0. The highest BCUT2D eigenvalue weighted by Crippen LogP contribution is 2.60. The molecule has 0 radical (unpaired) electrons. The van der Waals surface area contributed by atoms with Gasteiger partial charge in [-0.3, -0.25) is 0 Å². The van der Waals surface area contributed by atoms with E-state index in [1.165, 1.54) is 33.4 Å². The maximum absolute atomic E-state index is 9.86. The van der Waals surface area contributed by atoms with E-state index in [9.17, 15) is 8.22 Å². The Morgan fingerprint density at radius 1 is 0.337 bits per heavy atom. The van der Waals surface area contributed by atoms with Crippen molar-refractivity contribution in [3.63, 3.8) is 0 Å². The van der Waals surface area contributed by atoms with Crippen LogP contribution in [0.25, 0.3) is 72.0 Å². The fraction of sp³-hybridized carbons (Fsp3) is 0.258. The van der Waals surface area contributed by atoms with Crippen molar-refractivity contribution in [1.82, 2.24) is 4.57 Å². The van der Waals surface area contributed by atoms with Crippen molar-refractivity contribution in [2.45, 2.75) is 163 Å². The normalized spacial score (nSPS) is 15.3. The summed E-state index contributed by atoms with van der Waals surface area (Å²) in [4.78, 5) is 2.65. The highest BCUT2D eigenvalue weighted by atomic mass is 16.5. The van der Waals surface area contributed by atoms with Gasteiger partial charge in [-0.1, -0.05) is 312 Å². The number of rotatable bonds is 6. The van der Waals surface area contributed by atoms with E-state index in [1.807, 2.05) is 18.2 Å². The number of para-hydroxylation sites is 4. The van der Waals surface area contributed by atoms with Gasteiger partial charge < -0.3 is 14.2 Å². The second-order valence-corrected chi connectivity index (χ2v) is 34.9. The van der Waals surface area contributed by atoms with Gasteiger partial charge in [0.15, 0.2) is 0 Å². The Bertz CT molecular complexity index is 5770. The molecule has 0 unspecified atom stereocenters. The molecule has 3 aliphatic heterocycles. The lowest BCUT2D eigenvalue weighted by molar-refractivity contribution is 0.435. The van der Waals surface area contributed by atoms with E-state index in [1.54, 1.807) is 4.57 Å². The molecular formula is C97H95BN2O. The lowest BCUT2D eigenvalue weighted by Crippen LogP contribution is -2.65. The fourth-order valence-electron chi connectivity index (χ4n) is 16.1. The third-order valence-corrected chi connectivity index (χ3v) is 21.9. The van der Waals surface area contributed by atoms with Crippen molar-refractivity contribution in [2.75, 3.05) is 4.90 Å². The maximum atomic E-state index is 9.86. The van der Waals surface area contributed by atoms with Crippen LogP contribution in [-0.4, -0.2) is 11.3 Å². The predicted molar refractivity (Wildman–Crippen MR) is 432 cm³/mol. The second-order valence-electron chi connectivity index (χ2n) is 34.9. The van der Waals surface area contributed by atoms with Crippen molar-refractivity contribution < 1.29 is 15.7 Å². The number of ether oxygens (including phenoxy) is 1. The molecule has 4 heterocycles. The van der Waals surface area contributed by atoms with Crippen molar-refractivity contribution in [3.8, 4) is 61.7 Å². The Kier molecular flexibility index (Phi) is 13.0. The molecule has 12 aromatic carbocycles. The van der Waals surface area contributed by atoms with E-state index in [-0.39, 0.29) is 78.5 Å². The van der Waals surface area contributed by atoms with Crippen LogP contribution in [0.4, 0.5) is 17.1 Å². The summed E-state index contributed by atoms with van der Waals surface area (Å²) >= 11 is 0. The Hall–Kier alpha value is -9.90. The maximum Gasteiger partial charge on any atom is 0.247 e. The Morgan fingerprint density at radius 2 is 0.782 bits per heavy atom. The van der Waals surface area contributed by atoms with Gasteiger partial charge in [0.1, 0.15) is 11.5 Å². The smallest absolute Gasteiger partial charge is 0.247 e. The van der Waals surface area contributed by atoms with Gasteiger partial charge >= 0.3 is 0 Å². The van der Waals surface area contributed by atoms with Gasteiger partial charge in [-0.05, 0) is 188 Å². The monoisotopic (exact) mass is 1320 g/mol. The van der Waals surface area contributed by atoms with Crippen LogP contribution in [0.2, 0.25) is 0 Å². The summed E-state index contributed by atoms with van der Waals surface area (Å²) in [5.41, 5.74) is 23.7. The second kappa shape index (κ2) is 23.1. The number of hydrogen-bond acceptors (Lipinski definition) is 2. The molecule has 502 valence electrons. The zero-order valence-corrected chi connectivity index (χ0v) is 61.9. The highest BCUT2D eigenvalue weighted by molar-refractivity contribution is 6.99. The molecule has 1 aromatic heterocycles. The molecule has 0 bridgehead atoms. The molecule has 3 aliphatic rings. The van der Waals surface area contributed by atoms with Crippen LogP contribution in [0.15, 0.2) is 249 Å². The van der Waals surface area contributed by atoms with Gasteiger partial charge in [-0.25, -0.2) is 0 Å². The SMILES string of the molecule is [2H]c1c([2H])c([2H])c2c(c1[2H])c1c([2H])c([2H])c([2H])c([2H])c1n2-c1ccc2c(c1)C1(c3ccccc3Oc3ccccc31)c1cc(-c3cc(C(C)(C)C)cc(C(C)(C)C)c3)cc3c1B2c1ccc(-c2cccc(C(C)(C)C)c2)cc1N3c1c(-c2ccc(C(C)(C)C)cc2)cc(C(C)(C)C)cc1-c1ccc(C(C)(C)C)cc1. The molecular weight excluding hydrogens is 1220 g/mol.